The van der Waals surface area contributed by atoms with Gasteiger partial charge in [-0.05, 0) is 25.0 Å². The molecule has 0 bridgehead atoms. The molecule has 1 aliphatic carbocycles. The number of amides is 1. The molecule has 92 valence electrons. The number of carbonyl (C=O) groups is 1. The van der Waals surface area contributed by atoms with E-state index in [-0.39, 0.29) is 18.1 Å². The minimum absolute atomic E-state index is 0.00944. The maximum absolute atomic E-state index is 12.3. The number of carbonyl (C=O) groups excluding carboxylic acids is 1. The predicted molar refractivity (Wildman–Crippen MR) is 61.7 cm³/mol. The minimum Gasteiger partial charge on any atom is -0.459 e. The van der Waals surface area contributed by atoms with Gasteiger partial charge in [-0.25, -0.2) is 0 Å². The summed E-state index contributed by atoms with van der Waals surface area (Å²) in [4.78, 5) is 14.2. The van der Waals surface area contributed by atoms with E-state index in [4.69, 9.17) is 9.15 Å². The number of nitrogens with zero attached hydrogens (tertiary/aromatic N) is 1. The van der Waals surface area contributed by atoms with E-state index >= 15 is 0 Å². The van der Waals surface area contributed by atoms with Crippen LogP contribution in [0.4, 0.5) is 0 Å². The molecule has 1 aromatic heterocycles. The molecule has 2 atom stereocenters. The van der Waals surface area contributed by atoms with Gasteiger partial charge in [0, 0.05) is 6.54 Å². The Morgan fingerprint density at radius 2 is 2.24 bits per heavy atom. The van der Waals surface area contributed by atoms with Gasteiger partial charge in [0.15, 0.2) is 5.76 Å². The lowest BCUT2D eigenvalue weighted by atomic mass is 9.90. The summed E-state index contributed by atoms with van der Waals surface area (Å²) >= 11 is 0. The molecule has 0 N–H and O–H groups in total. The van der Waals surface area contributed by atoms with Crippen LogP contribution in [0.15, 0.2) is 22.8 Å². The van der Waals surface area contributed by atoms with Gasteiger partial charge >= 0.3 is 0 Å². The van der Waals surface area contributed by atoms with Crippen LogP contribution in [0.2, 0.25) is 0 Å². The van der Waals surface area contributed by atoms with Crippen LogP contribution in [-0.2, 0) is 4.74 Å². The van der Waals surface area contributed by atoms with Crippen LogP contribution in [0.1, 0.15) is 36.2 Å². The zero-order valence-corrected chi connectivity index (χ0v) is 9.80. The van der Waals surface area contributed by atoms with Gasteiger partial charge in [-0.1, -0.05) is 12.8 Å². The van der Waals surface area contributed by atoms with Crippen molar-refractivity contribution in [2.45, 2.75) is 37.8 Å². The lowest BCUT2D eigenvalue weighted by Crippen LogP contribution is -2.54. The summed E-state index contributed by atoms with van der Waals surface area (Å²) in [7, 11) is 0. The highest BCUT2D eigenvalue weighted by Crippen LogP contribution is 2.29. The number of hydrogen-bond donors (Lipinski definition) is 0. The lowest BCUT2D eigenvalue weighted by Gasteiger charge is -2.43. The van der Waals surface area contributed by atoms with E-state index in [1.54, 1.807) is 18.4 Å². The van der Waals surface area contributed by atoms with Gasteiger partial charge in [-0.3, -0.25) is 4.79 Å². The highest BCUT2D eigenvalue weighted by atomic mass is 16.5. The Hall–Kier alpha value is -1.29. The molecule has 2 fully saturated rings. The molecular formula is C13H17NO3. The van der Waals surface area contributed by atoms with Crippen molar-refractivity contribution in [2.75, 3.05) is 13.2 Å². The average Bonchev–Trinajstić information content (AvgIpc) is 2.91. The van der Waals surface area contributed by atoms with Crippen LogP contribution in [0.5, 0.6) is 0 Å². The summed E-state index contributed by atoms with van der Waals surface area (Å²) in [6.07, 6.45) is 6.31. The molecule has 3 rings (SSSR count). The monoisotopic (exact) mass is 235 g/mol. The Morgan fingerprint density at radius 3 is 3.06 bits per heavy atom. The van der Waals surface area contributed by atoms with Crippen molar-refractivity contribution in [3.05, 3.63) is 24.2 Å². The predicted octanol–water partition coefficient (Wildman–Crippen LogP) is 2.06. The van der Waals surface area contributed by atoms with E-state index in [0.29, 0.717) is 18.9 Å². The first-order valence-corrected chi connectivity index (χ1v) is 6.32. The summed E-state index contributed by atoms with van der Waals surface area (Å²) in [6, 6.07) is 3.73. The van der Waals surface area contributed by atoms with Crippen molar-refractivity contribution in [1.82, 2.24) is 4.90 Å². The molecule has 1 aliphatic heterocycles. The van der Waals surface area contributed by atoms with Crippen molar-refractivity contribution in [2.24, 2.45) is 0 Å². The summed E-state index contributed by atoms with van der Waals surface area (Å²) in [5, 5.41) is 0. The second-order valence-electron chi connectivity index (χ2n) is 4.74. The molecule has 1 aromatic rings. The summed E-state index contributed by atoms with van der Waals surface area (Å²) in [6.45, 7) is 1.33. The third-order valence-corrected chi connectivity index (χ3v) is 3.72. The molecule has 0 aromatic carbocycles. The number of ether oxygens (including phenoxy) is 1. The molecule has 0 spiro atoms. The average molecular weight is 235 g/mol. The molecule has 2 aliphatic rings. The van der Waals surface area contributed by atoms with Gasteiger partial charge in [0.2, 0.25) is 0 Å². The molecule has 4 heteroatoms. The van der Waals surface area contributed by atoms with Crippen molar-refractivity contribution in [1.29, 1.82) is 0 Å². The third kappa shape index (κ3) is 1.97. The molecule has 1 amide bonds. The van der Waals surface area contributed by atoms with Gasteiger partial charge in [0.25, 0.3) is 5.91 Å². The lowest BCUT2D eigenvalue weighted by molar-refractivity contribution is -0.0759. The van der Waals surface area contributed by atoms with Crippen LogP contribution in [0.25, 0.3) is 0 Å². The summed E-state index contributed by atoms with van der Waals surface area (Å²) in [5.74, 6) is 0.450. The Kier molecular flexibility index (Phi) is 2.89. The number of furan rings is 1. The van der Waals surface area contributed by atoms with E-state index in [1.807, 2.05) is 4.90 Å². The molecule has 1 saturated carbocycles. The number of hydrogen-bond acceptors (Lipinski definition) is 3. The number of morpholine rings is 1. The molecule has 0 radical (unpaired) electrons. The largest absolute Gasteiger partial charge is 0.459 e. The van der Waals surface area contributed by atoms with Crippen LogP contribution in [0, 0.1) is 0 Å². The van der Waals surface area contributed by atoms with Gasteiger partial charge in [0.1, 0.15) is 0 Å². The molecule has 4 nitrogen and oxygen atoms in total. The summed E-state index contributed by atoms with van der Waals surface area (Å²) < 4.78 is 11.0. The van der Waals surface area contributed by atoms with E-state index < -0.39 is 0 Å². The standard InChI is InChI=1S/C13H17NO3/c15-13(12-6-3-8-16-12)14-7-9-17-11-5-2-1-4-10(11)14/h3,6,8,10-11H,1-2,4-5,7,9H2/t10-,11-/m1/s1. The highest BCUT2D eigenvalue weighted by Gasteiger charge is 2.37. The molecule has 2 heterocycles. The van der Waals surface area contributed by atoms with E-state index in [9.17, 15) is 4.79 Å². The number of fused-ring (bicyclic) bond motifs is 1. The van der Waals surface area contributed by atoms with E-state index in [0.717, 1.165) is 12.8 Å². The van der Waals surface area contributed by atoms with Crippen molar-refractivity contribution < 1.29 is 13.9 Å². The fourth-order valence-corrected chi connectivity index (χ4v) is 2.89. The van der Waals surface area contributed by atoms with Gasteiger partial charge in [0.05, 0.1) is 25.0 Å². The highest BCUT2D eigenvalue weighted by molar-refractivity contribution is 5.91. The van der Waals surface area contributed by atoms with E-state index in [1.165, 1.54) is 12.8 Å². The minimum atomic E-state index is 0.00944. The topological polar surface area (TPSA) is 42.7 Å². The van der Waals surface area contributed by atoms with E-state index in [2.05, 4.69) is 0 Å². The second kappa shape index (κ2) is 4.53. The first-order valence-electron chi connectivity index (χ1n) is 6.32. The third-order valence-electron chi connectivity index (χ3n) is 3.72. The van der Waals surface area contributed by atoms with Crippen LogP contribution < -0.4 is 0 Å². The zero-order chi connectivity index (χ0) is 11.7. The zero-order valence-electron chi connectivity index (χ0n) is 9.80. The quantitative estimate of drug-likeness (QED) is 0.748. The van der Waals surface area contributed by atoms with Crippen molar-refractivity contribution >= 4 is 5.91 Å². The van der Waals surface area contributed by atoms with Crippen molar-refractivity contribution in [3.63, 3.8) is 0 Å². The molecule has 17 heavy (non-hydrogen) atoms. The second-order valence-corrected chi connectivity index (χ2v) is 4.74. The number of rotatable bonds is 1. The molecule has 1 saturated heterocycles. The van der Waals surface area contributed by atoms with Crippen molar-refractivity contribution in [3.8, 4) is 0 Å². The fraction of sp³-hybridized carbons (Fsp3) is 0.615. The maximum Gasteiger partial charge on any atom is 0.289 e. The fourth-order valence-electron chi connectivity index (χ4n) is 2.89. The Bertz CT molecular complexity index is 385. The molecule has 0 unspecified atom stereocenters. The van der Waals surface area contributed by atoms with Crippen LogP contribution in [-0.4, -0.2) is 36.1 Å². The normalized spacial score (nSPS) is 28.8. The van der Waals surface area contributed by atoms with Crippen LogP contribution >= 0.6 is 0 Å². The SMILES string of the molecule is O=C(c1ccco1)N1CCO[C@@H]2CCCC[C@H]21. The Morgan fingerprint density at radius 1 is 1.35 bits per heavy atom. The maximum atomic E-state index is 12.3. The van der Waals surface area contributed by atoms with Crippen LogP contribution in [0.3, 0.4) is 0 Å². The molecular weight excluding hydrogens is 218 g/mol. The summed E-state index contributed by atoms with van der Waals surface area (Å²) in [5.41, 5.74) is 0. The van der Waals surface area contributed by atoms with Gasteiger partial charge in [-0.2, -0.15) is 0 Å². The Balaban J connectivity index is 1.79. The Labute approximate surface area is 101 Å². The van der Waals surface area contributed by atoms with Gasteiger partial charge < -0.3 is 14.1 Å². The first-order chi connectivity index (χ1) is 8.36. The smallest absolute Gasteiger partial charge is 0.289 e. The van der Waals surface area contributed by atoms with Gasteiger partial charge in [-0.15, -0.1) is 0 Å². The first kappa shape index (κ1) is 10.8.